The molecule has 1 aliphatic heterocycles. The van der Waals surface area contributed by atoms with Gasteiger partial charge in [0.2, 0.25) is 5.91 Å². The van der Waals surface area contributed by atoms with Gasteiger partial charge >= 0.3 is 0 Å². The third-order valence-corrected chi connectivity index (χ3v) is 6.85. The summed E-state index contributed by atoms with van der Waals surface area (Å²) in [7, 11) is 0. The molecule has 4 nitrogen and oxygen atoms in total. The minimum absolute atomic E-state index is 0.00733. The van der Waals surface area contributed by atoms with E-state index < -0.39 is 5.54 Å². The number of unbranched alkanes of at least 4 members (excludes halogenated alkanes) is 1. The Morgan fingerprint density at radius 1 is 0.971 bits per heavy atom. The average Bonchev–Trinajstić information content (AvgIpc) is 3.17. The minimum Gasteiger partial charge on any atom is -0.354 e. The molecule has 4 rings (SSSR count). The van der Waals surface area contributed by atoms with Crippen molar-refractivity contribution in [2.45, 2.75) is 52.0 Å². The van der Waals surface area contributed by atoms with Gasteiger partial charge in [0.25, 0.3) is 0 Å². The van der Waals surface area contributed by atoms with Crippen LogP contribution in [-0.4, -0.2) is 23.7 Å². The van der Waals surface area contributed by atoms with Crippen molar-refractivity contribution >= 4 is 17.3 Å². The number of para-hydroxylation sites is 1. The largest absolute Gasteiger partial charge is 0.354 e. The van der Waals surface area contributed by atoms with E-state index >= 15 is 0 Å². The molecule has 34 heavy (non-hydrogen) atoms. The maximum atomic E-state index is 13.9. The first-order valence-corrected chi connectivity index (χ1v) is 12.4. The van der Waals surface area contributed by atoms with Crippen LogP contribution in [-0.2, 0) is 11.2 Å². The highest BCUT2D eigenvalue weighted by Gasteiger charge is 2.53. The number of rotatable bonds is 9. The second-order valence-corrected chi connectivity index (χ2v) is 9.33. The molecule has 1 heterocycles. The molecule has 0 spiro atoms. The third-order valence-electron chi connectivity index (χ3n) is 6.85. The summed E-state index contributed by atoms with van der Waals surface area (Å²) in [5.74, 6) is 0.0198. The molecule has 3 aromatic carbocycles. The topological polar surface area (TPSA) is 44.7 Å². The van der Waals surface area contributed by atoms with Gasteiger partial charge in [0.05, 0.1) is 11.4 Å². The fourth-order valence-electron chi connectivity index (χ4n) is 4.80. The van der Waals surface area contributed by atoms with Gasteiger partial charge < -0.3 is 5.32 Å². The highest BCUT2D eigenvalue weighted by molar-refractivity contribution is 6.10. The van der Waals surface area contributed by atoms with Crippen LogP contribution in [0, 0.1) is 12.8 Å². The summed E-state index contributed by atoms with van der Waals surface area (Å²) in [4.78, 5) is 13.9. The summed E-state index contributed by atoms with van der Waals surface area (Å²) in [5.41, 5.74) is 4.65. The van der Waals surface area contributed by atoms with Gasteiger partial charge in [0.1, 0.15) is 5.54 Å². The van der Waals surface area contributed by atoms with Crippen LogP contribution in [0.25, 0.3) is 0 Å². The van der Waals surface area contributed by atoms with E-state index in [4.69, 9.17) is 5.10 Å². The second-order valence-electron chi connectivity index (χ2n) is 9.33. The summed E-state index contributed by atoms with van der Waals surface area (Å²) in [6.45, 7) is 6.95. The van der Waals surface area contributed by atoms with Crippen molar-refractivity contribution in [2.75, 3.05) is 11.6 Å². The number of amides is 1. The van der Waals surface area contributed by atoms with Crippen LogP contribution in [0.15, 0.2) is 90.0 Å². The van der Waals surface area contributed by atoms with E-state index in [2.05, 4.69) is 62.5 Å². The van der Waals surface area contributed by atoms with E-state index in [0.29, 0.717) is 6.54 Å². The van der Waals surface area contributed by atoms with Crippen molar-refractivity contribution in [3.05, 3.63) is 102 Å². The molecule has 1 N–H and O–H groups in total. The van der Waals surface area contributed by atoms with E-state index in [9.17, 15) is 4.79 Å². The molecule has 0 saturated carbocycles. The predicted octanol–water partition coefficient (Wildman–Crippen LogP) is 6.14. The molecule has 0 radical (unpaired) electrons. The molecular formula is C30H35N3O. The monoisotopic (exact) mass is 453 g/mol. The third kappa shape index (κ3) is 4.91. The van der Waals surface area contributed by atoms with Crippen molar-refractivity contribution in [3.63, 3.8) is 0 Å². The van der Waals surface area contributed by atoms with Crippen LogP contribution < -0.4 is 10.3 Å². The van der Waals surface area contributed by atoms with Crippen molar-refractivity contribution in [2.24, 2.45) is 11.0 Å². The molecule has 1 aliphatic rings. The van der Waals surface area contributed by atoms with Crippen LogP contribution in [0.4, 0.5) is 5.69 Å². The molecule has 3 aromatic rings. The number of nitrogens with one attached hydrogen (secondary N) is 1. The molecule has 2 atom stereocenters. The number of hydrogen-bond acceptors (Lipinski definition) is 3. The van der Waals surface area contributed by atoms with Crippen LogP contribution >= 0.6 is 0 Å². The summed E-state index contributed by atoms with van der Waals surface area (Å²) in [6, 6.07) is 28.9. The molecule has 0 bridgehead atoms. The molecule has 0 aromatic heterocycles. The minimum atomic E-state index is -0.812. The number of benzene rings is 3. The van der Waals surface area contributed by atoms with Crippen molar-refractivity contribution < 1.29 is 4.79 Å². The summed E-state index contributed by atoms with van der Waals surface area (Å²) >= 11 is 0. The Hall–Kier alpha value is -3.40. The van der Waals surface area contributed by atoms with Gasteiger partial charge in [-0.1, -0.05) is 98.1 Å². The van der Waals surface area contributed by atoms with Crippen LogP contribution in [0.5, 0.6) is 0 Å². The number of hydrogen-bond donors (Lipinski definition) is 1. The van der Waals surface area contributed by atoms with Gasteiger partial charge in [-0.15, -0.1) is 0 Å². The number of carbonyl (C=O) groups is 1. The van der Waals surface area contributed by atoms with Gasteiger partial charge in [-0.3, -0.25) is 4.79 Å². The fraction of sp³-hybridized carbons (Fsp3) is 0.333. The Labute approximate surface area is 203 Å². The number of aryl methyl sites for hydroxylation is 1. The van der Waals surface area contributed by atoms with Crippen LogP contribution in [0.1, 0.15) is 49.8 Å². The maximum Gasteiger partial charge on any atom is 0.248 e. The second kappa shape index (κ2) is 10.7. The smallest absolute Gasteiger partial charge is 0.248 e. The molecule has 0 saturated heterocycles. The van der Waals surface area contributed by atoms with Gasteiger partial charge in [-0.25, -0.2) is 5.01 Å². The summed E-state index contributed by atoms with van der Waals surface area (Å²) < 4.78 is 0. The van der Waals surface area contributed by atoms with Crippen molar-refractivity contribution in [1.82, 2.24) is 5.32 Å². The zero-order valence-corrected chi connectivity index (χ0v) is 20.5. The zero-order chi connectivity index (χ0) is 24.0. The average molecular weight is 454 g/mol. The first-order valence-electron chi connectivity index (χ1n) is 12.4. The fourth-order valence-corrected chi connectivity index (χ4v) is 4.80. The van der Waals surface area contributed by atoms with E-state index in [1.54, 1.807) is 0 Å². The number of hydrazone groups is 1. The SMILES string of the molecule is CCCCC1C(c2ccc(C)cc2)=NN(c2ccccc2)C1(C)C(=O)NCCc1ccccc1. The lowest BCUT2D eigenvalue weighted by atomic mass is 9.76. The lowest BCUT2D eigenvalue weighted by Crippen LogP contribution is -2.58. The Morgan fingerprint density at radius 2 is 1.62 bits per heavy atom. The van der Waals surface area contributed by atoms with Crippen LogP contribution in [0.2, 0.25) is 0 Å². The van der Waals surface area contributed by atoms with Gasteiger partial charge in [-0.05, 0) is 49.9 Å². The van der Waals surface area contributed by atoms with E-state index in [0.717, 1.165) is 42.6 Å². The van der Waals surface area contributed by atoms with Crippen molar-refractivity contribution in [1.29, 1.82) is 0 Å². The quantitative estimate of drug-likeness (QED) is 0.423. The normalized spacial score (nSPS) is 19.7. The first kappa shape index (κ1) is 23.7. The van der Waals surface area contributed by atoms with E-state index in [1.807, 2.05) is 53.5 Å². The lowest BCUT2D eigenvalue weighted by Gasteiger charge is -2.37. The molecule has 1 amide bonds. The molecule has 176 valence electrons. The molecular weight excluding hydrogens is 418 g/mol. The lowest BCUT2D eigenvalue weighted by molar-refractivity contribution is -0.126. The zero-order valence-electron chi connectivity index (χ0n) is 20.5. The van der Waals surface area contributed by atoms with Gasteiger partial charge in [0, 0.05) is 12.5 Å². The molecule has 0 aliphatic carbocycles. The highest BCUT2D eigenvalue weighted by Crippen LogP contribution is 2.41. The van der Waals surface area contributed by atoms with Crippen molar-refractivity contribution in [3.8, 4) is 0 Å². The maximum absolute atomic E-state index is 13.9. The Balaban J connectivity index is 1.68. The molecule has 4 heteroatoms. The number of carbonyl (C=O) groups excluding carboxylic acids is 1. The van der Waals surface area contributed by atoms with Gasteiger partial charge in [-0.2, -0.15) is 5.10 Å². The number of nitrogens with zero attached hydrogens (tertiary/aromatic N) is 2. The standard InChI is InChI=1S/C30H35N3O/c1-4-5-16-27-28(25-19-17-23(2)18-20-25)32-33(26-14-10-7-11-15-26)30(27,3)29(34)31-22-21-24-12-8-6-9-13-24/h6-15,17-20,27H,4-5,16,21-22H2,1-3H3,(H,31,34). The predicted molar refractivity (Wildman–Crippen MR) is 141 cm³/mol. The highest BCUT2D eigenvalue weighted by atomic mass is 16.2. The Bertz CT molecular complexity index is 1110. The summed E-state index contributed by atoms with van der Waals surface area (Å²) in [6.07, 6.45) is 3.84. The Morgan fingerprint density at radius 3 is 2.26 bits per heavy atom. The molecule has 2 unspecified atom stereocenters. The van der Waals surface area contributed by atoms with E-state index in [1.165, 1.54) is 11.1 Å². The first-order chi connectivity index (χ1) is 16.5. The number of anilines is 1. The van der Waals surface area contributed by atoms with Gasteiger partial charge in [0.15, 0.2) is 0 Å². The molecule has 0 fully saturated rings. The summed E-state index contributed by atoms with van der Waals surface area (Å²) in [5, 5.41) is 10.3. The Kier molecular flexibility index (Phi) is 7.46. The van der Waals surface area contributed by atoms with E-state index in [-0.39, 0.29) is 11.8 Å². The van der Waals surface area contributed by atoms with Crippen LogP contribution in [0.3, 0.4) is 0 Å².